The zero-order chi connectivity index (χ0) is 19.9. The van der Waals surface area contributed by atoms with Crippen LogP contribution in [0.3, 0.4) is 0 Å². The Bertz CT molecular complexity index is 789. The van der Waals surface area contributed by atoms with Gasteiger partial charge in [0.1, 0.15) is 0 Å². The van der Waals surface area contributed by atoms with Gasteiger partial charge in [-0.3, -0.25) is 9.59 Å². The van der Waals surface area contributed by atoms with Crippen molar-refractivity contribution in [1.29, 1.82) is 0 Å². The number of para-hydroxylation sites is 1. The highest BCUT2D eigenvalue weighted by Crippen LogP contribution is 2.20. The topological polar surface area (TPSA) is 52.7 Å². The third kappa shape index (κ3) is 5.35. The number of amides is 2. The number of nitrogens with one attached hydrogen (secondary N) is 1. The van der Waals surface area contributed by atoms with Crippen LogP contribution in [0.2, 0.25) is 0 Å². The summed E-state index contributed by atoms with van der Waals surface area (Å²) in [5.74, 6) is -0.198. The highest BCUT2D eigenvalue weighted by molar-refractivity contribution is 5.89. The van der Waals surface area contributed by atoms with E-state index >= 15 is 0 Å². The molecule has 28 heavy (non-hydrogen) atoms. The predicted molar refractivity (Wildman–Crippen MR) is 112 cm³/mol. The molecule has 1 unspecified atom stereocenters. The van der Waals surface area contributed by atoms with Crippen LogP contribution in [0.4, 0.5) is 5.69 Å². The van der Waals surface area contributed by atoms with Crippen molar-refractivity contribution >= 4 is 17.5 Å². The van der Waals surface area contributed by atoms with Crippen molar-refractivity contribution < 1.29 is 9.59 Å². The van der Waals surface area contributed by atoms with Gasteiger partial charge in [0.2, 0.25) is 11.8 Å². The second-order valence-electron chi connectivity index (χ2n) is 7.56. The van der Waals surface area contributed by atoms with E-state index in [1.54, 1.807) is 4.90 Å². The van der Waals surface area contributed by atoms with Crippen molar-refractivity contribution in [3.63, 3.8) is 0 Å². The lowest BCUT2D eigenvalue weighted by Gasteiger charge is -2.19. The Balaban J connectivity index is 1.40. The summed E-state index contributed by atoms with van der Waals surface area (Å²) in [5.41, 5.74) is 3.47. The maximum Gasteiger partial charge on any atom is 0.225 e. The Hall–Kier alpha value is -2.82. The number of likely N-dealkylation sites (tertiary alicyclic amines) is 1. The van der Waals surface area contributed by atoms with Crippen LogP contribution in [0.5, 0.6) is 0 Å². The highest BCUT2D eigenvalue weighted by atomic mass is 16.2. The molecule has 5 nitrogen and oxygen atoms in total. The number of rotatable bonds is 8. The molecule has 2 amide bonds. The molecule has 148 valence electrons. The Labute approximate surface area is 167 Å². The molecule has 0 aromatic heterocycles. The molecule has 1 aliphatic rings. The SMILES string of the molecule is Cc1ccc(CN2CC(C(=O)NCCCN(C)c3ccccc3)CC2=O)cc1. The molecular formula is C23H29N3O2. The van der Waals surface area contributed by atoms with E-state index in [1.807, 2.05) is 49.4 Å². The molecule has 1 fully saturated rings. The number of aryl methyl sites for hydroxylation is 1. The van der Waals surface area contributed by atoms with Gasteiger partial charge in [0.25, 0.3) is 0 Å². The van der Waals surface area contributed by atoms with Gasteiger partial charge in [-0.25, -0.2) is 0 Å². The van der Waals surface area contributed by atoms with Gasteiger partial charge in [-0.15, -0.1) is 0 Å². The van der Waals surface area contributed by atoms with Crippen LogP contribution < -0.4 is 10.2 Å². The van der Waals surface area contributed by atoms with E-state index in [4.69, 9.17) is 0 Å². The average Bonchev–Trinajstić information content (AvgIpc) is 3.08. The molecule has 1 aliphatic heterocycles. The maximum atomic E-state index is 12.4. The molecule has 1 saturated heterocycles. The summed E-state index contributed by atoms with van der Waals surface area (Å²) in [6.07, 6.45) is 1.17. The summed E-state index contributed by atoms with van der Waals surface area (Å²) in [6, 6.07) is 18.4. The molecule has 1 N–H and O–H groups in total. The molecule has 0 saturated carbocycles. The monoisotopic (exact) mass is 379 g/mol. The predicted octanol–water partition coefficient (Wildman–Crippen LogP) is 2.99. The first kappa shape index (κ1) is 19.9. The molecule has 0 radical (unpaired) electrons. The van der Waals surface area contributed by atoms with Gasteiger partial charge in [0.15, 0.2) is 0 Å². The zero-order valence-corrected chi connectivity index (χ0v) is 16.7. The molecule has 0 spiro atoms. The van der Waals surface area contributed by atoms with Crippen LogP contribution in [-0.4, -0.2) is 43.4 Å². The van der Waals surface area contributed by atoms with Crippen LogP contribution in [0, 0.1) is 12.8 Å². The normalized spacial score (nSPS) is 16.3. The van der Waals surface area contributed by atoms with Crippen LogP contribution in [-0.2, 0) is 16.1 Å². The number of benzene rings is 2. The van der Waals surface area contributed by atoms with Crippen LogP contribution in [0.15, 0.2) is 54.6 Å². The summed E-state index contributed by atoms with van der Waals surface area (Å²) >= 11 is 0. The van der Waals surface area contributed by atoms with Gasteiger partial charge in [0.05, 0.1) is 5.92 Å². The van der Waals surface area contributed by atoms with Crippen LogP contribution in [0.25, 0.3) is 0 Å². The van der Waals surface area contributed by atoms with Crippen LogP contribution in [0.1, 0.15) is 24.0 Å². The van der Waals surface area contributed by atoms with Crippen molar-refractivity contribution in [2.24, 2.45) is 5.92 Å². The third-order valence-corrected chi connectivity index (χ3v) is 5.25. The largest absolute Gasteiger partial charge is 0.375 e. The molecule has 1 atom stereocenters. The number of anilines is 1. The fourth-order valence-corrected chi connectivity index (χ4v) is 3.50. The molecule has 0 bridgehead atoms. The first-order chi connectivity index (χ1) is 13.5. The smallest absolute Gasteiger partial charge is 0.225 e. The Morgan fingerprint density at radius 3 is 2.57 bits per heavy atom. The highest BCUT2D eigenvalue weighted by Gasteiger charge is 2.33. The number of carbonyl (C=O) groups is 2. The fraction of sp³-hybridized carbons (Fsp3) is 0.391. The first-order valence-electron chi connectivity index (χ1n) is 9.90. The average molecular weight is 380 g/mol. The fourth-order valence-electron chi connectivity index (χ4n) is 3.50. The summed E-state index contributed by atoms with van der Waals surface area (Å²) in [5, 5.41) is 3.00. The van der Waals surface area contributed by atoms with Crippen molar-refractivity contribution in [2.75, 3.05) is 31.6 Å². The number of nitrogens with zero attached hydrogens (tertiary/aromatic N) is 2. The van der Waals surface area contributed by atoms with E-state index in [-0.39, 0.29) is 17.7 Å². The van der Waals surface area contributed by atoms with E-state index < -0.39 is 0 Å². The lowest BCUT2D eigenvalue weighted by atomic mass is 10.1. The van der Waals surface area contributed by atoms with E-state index in [1.165, 1.54) is 11.3 Å². The van der Waals surface area contributed by atoms with Crippen LogP contribution >= 0.6 is 0 Å². The van der Waals surface area contributed by atoms with Crippen molar-refractivity contribution in [3.05, 3.63) is 65.7 Å². The van der Waals surface area contributed by atoms with E-state index in [9.17, 15) is 9.59 Å². The van der Waals surface area contributed by atoms with Gasteiger partial charge in [-0.2, -0.15) is 0 Å². The second kappa shape index (κ2) is 9.40. The zero-order valence-electron chi connectivity index (χ0n) is 16.7. The Morgan fingerprint density at radius 2 is 1.86 bits per heavy atom. The standard InChI is InChI=1S/C23H29N3O2/c1-18-9-11-19(12-10-18)16-26-17-20(15-22(26)27)23(28)24-13-6-14-25(2)21-7-4-3-5-8-21/h3-5,7-12,20H,6,13-17H2,1-2H3,(H,24,28). The minimum absolute atomic E-state index is 0.0119. The maximum absolute atomic E-state index is 12.4. The van der Waals surface area contributed by atoms with E-state index in [0.717, 1.165) is 18.5 Å². The van der Waals surface area contributed by atoms with Gasteiger partial charge in [-0.05, 0) is 31.0 Å². The van der Waals surface area contributed by atoms with E-state index in [2.05, 4.69) is 29.4 Å². The summed E-state index contributed by atoms with van der Waals surface area (Å²) in [7, 11) is 2.05. The van der Waals surface area contributed by atoms with Crippen molar-refractivity contribution in [3.8, 4) is 0 Å². The Kier molecular flexibility index (Phi) is 6.69. The summed E-state index contributed by atoms with van der Waals surface area (Å²) < 4.78 is 0. The van der Waals surface area contributed by atoms with Gasteiger partial charge >= 0.3 is 0 Å². The van der Waals surface area contributed by atoms with Crippen molar-refractivity contribution in [1.82, 2.24) is 10.2 Å². The van der Waals surface area contributed by atoms with Gasteiger partial charge in [-0.1, -0.05) is 48.0 Å². The Morgan fingerprint density at radius 1 is 1.14 bits per heavy atom. The number of carbonyl (C=O) groups excluding carboxylic acids is 2. The first-order valence-corrected chi connectivity index (χ1v) is 9.90. The quantitative estimate of drug-likeness (QED) is 0.718. The van der Waals surface area contributed by atoms with Gasteiger partial charge in [0, 0.05) is 45.3 Å². The number of hydrogen-bond acceptors (Lipinski definition) is 3. The third-order valence-electron chi connectivity index (χ3n) is 5.25. The molecule has 1 heterocycles. The molecule has 0 aliphatic carbocycles. The van der Waals surface area contributed by atoms with E-state index in [0.29, 0.717) is 26.1 Å². The molecule has 2 aromatic carbocycles. The van der Waals surface area contributed by atoms with Crippen molar-refractivity contribution in [2.45, 2.75) is 26.3 Å². The summed E-state index contributed by atoms with van der Waals surface area (Å²) in [6.45, 7) is 4.61. The molecule has 2 aromatic rings. The molecule has 3 rings (SSSR count). The minimum atomic E-state index is -0.246. The van der Waals surface area contributed by atoms with Gasteiger partial charge < -0.3 is 15.1 Å². The second-order valence-corrected chi connectivity index (χ2v) is 7.56. The lowest BCUT2D eigenvalue weighted by molar-refractivity contribution is -0.129. The minimum Gasteiger partial charge on any atom is -0.375 e. The molecule has 5 heteroatoms. The summed E-state index contributed by atoms with van der Waals surface area (Å²) in [4.78, 5) is 28.7. The number of hydrogen-bond donors (Lipinski definition) is 1. The lowest BCUT2D eigenvalue weighted by Crippen LogP contribution is -2.34. The molecular weight excluding hydrogens is 350 g/mol.